The molecule has 2 amide bonds. The highest BCUT2D eigenvalue weighted by Gasteiger charge is 2.45. The van der Waals surface area contributed by atoms with E-state index >= 15 is 0 Å². The lowest BCUT2D eigenvalue weighted by Gasteiger charge is -2.35. The SMILES string of the molecule is O=C(Nc1ccccn1)N1c2nc(C3=N[C@@H](C(F)(F)F)CO3)ccc2N2CC[C@H]1C2. The van der Waals surface area contributed by atoms with Gasteiger partial charge in [0.2, 0.25) is 5.90 Å². The van der Waals surface area contributed by atoms with Crippen LogP contribution in [0.3, 0.4) is 0 Å². The van der Waals surface area contributed by atoms with Crippen LogP contribution in [0, 0.1) is 0 Å². The molecule has 11 heteroatoms. The third-order valence-corrected chi connectivity index (χ3v) is 5.32. The van der Waals surface area contributed by atoms with Crippen molar-refractivity contribution in [1.82, 2.24) is 9.97 Å². The Labute approximate surface area is 169 Å². The molecular weight excluding hydrogens is 401 g/mol. The predicted octanol–water partition coefficient (Wildman–Crippen LogP) is 2.82. The summed E-state index contributed by atoms with van der Waals surface area (Å²) in [7, 11) is 0. The molecule has 3 aliphatic heterocycles. The number of carbonyl (C=O) groups excluding carboxylic acids is 1. The number of aliphatic imine (C=N–C) groups is 1. The van der Waals surface area contributed by atoms with Gasteiger partial charge in [-0.1, -0.05) is 6.07 Å². The van der Waals surface area contributed by atoms with Crippen LogP contribution >= 0.6 is 0 Å². The van der Waals surface area contributed by atoms with Crippen molar-refractivity contribution in [2.75, 3.05) is 34.8 Å². The predicted molar refractivity (Wildman–Crippen MR) is 103 cm³/mol. The third-order valence-electron chi connectivity index (χ3n) is 5.32. The summed E-state index contributed by atoms with van der Waals surface area (Å²) >= 11 is 0. The van der Waals surface area contributed by atoms with Crippen LogP contribution in [-0.2, 0) is 4.74 Å². The number of urea groups is 1. The quantitative estimate of drug-likeness (QED) is 0.811. The number of hydrogen-bond acceptors (Lipinski definition) is 6. The van der Waals surface area contributed by atoms with Gasteiger partial charge in [0.1, 0.15) is 18.1 Å². The summed E-state index contributed by atoms with van der Waals surface area (Å²) in [5.41, 5.74) is 0.910. The van der Waals surface area contributed by atoms with Gasteiger partial charge in [-0.2, -0.15) is 13.2 Å². The number of rotatable bonds is 2. The normalized spacial score (nSPS) is 22.4. The van der Waals surface area contributed by atoms with Gasteiger partial charge in [-0.3, -0.25) is 10.2 Å². The molecule has 0 unspecified atom stereocenters. The lowest BCUT2D eigenvalue weighted by molar-refractivity contribution is -0.149. The summed E-state index contributed by atoms with van der Waals surface area (Å²) in [6, 6.07) is 6.09. The second kappa shape index (κ2) is 6.85. The van der Waals surface area contributed by atoms with Crippen molar-refractivity contribution in [2.45, 2.75) is 24.7 Å². The second-order valence-electron chi connectivity index (χ2n) is 7.25. The summed E-state index contributed by atoms with van der Waals surface area (Å²) in [6.07, 6.45) is -2.15. The van der Waals surface area contributed by atoms with Gasteiger partial charge in [0, 0.05) is 19.3 Å². The average Bonchev–Trinajstić information content (AvgIpc) is 3.37. The average molecular weight is 418 g/mol. The fourth-order valence-electron chi connectivity index (χ4n) is 3.88. The van der Waals surface area contributed by atoms with Gasteiger partial charge in [-0.25, -0.2) is 19.8 Å². The molecule has 2 bridgehead atoms. The zero-order valence-corrected chi connectivity index (χ0v) is 15.6. The minimum absolute atomic E-state index is 0.0988. The van der Waals surface area contributed by atoms with Crippen molar-refractivity contribution in [3.63, 3.8) is 0 Å². The van der Waals surface area contributed by atoms with Gasteiger partial charge in [0.05, 0.1) is 11.7 Å². The van der Waals surface area contributed by atoms with Crippen LogP contribution in [-0.4, -0.2) is 59.9 Å². The number of hydrogen-bond donors (Lipinski definition) is 1. The Balaban J connectivity index is 1.49. The van der Waals surface area contributed by atoms with Gasteiger partial charge in [0.25, 0.3) is 0 Å². The number of carbonyl (C=O) groups is 1. The Morgan fingerprint density at radius 2 is 2.10 bits per heavy atom. The van der Waals surface area contributed by atoms with Crippen LogP contribution in [0.1, 0.15) is 12.1 Å². The van der Waals surface area contributed by atoms with E-state index in [-0.39, 0.29) is 17.6 Å². The van der Waals surface area contributed by atoms with Crippen LogP contribution in [0.4, 0.5) is 35.3 Å². The number of amides is 2. The molecule has 0 spiro atoms. The Bertz CT molecular complexity index is 1010. The number of fused-ring (bicyclic) bond motifs is 4. The van der Waals surface area contributed by atoms with Crippen LogP contribution in [0.2, 0.25) is 0 Å². The smallest absolute Gasteiger partial charge is 0.414 e. The van der Waals surface area contributed by atoms with Crippen LogP contribution < -0.4 is 15.1 Å². The van der Waals surface area contributed by atoms with E-state index in [1.54, 1.807) is 41.4 Å². The van der Waals surface area contributed by atoms with Gasteiger partial charge < -0.3 is 9.64 Å². The highest BCUT2D eigenvalue weighted by Crippen LogP contribution is 2.39. The number of pyridine rings is 2. The minimum atomic E-state index is -4.48. The van der Waals surface area contributed by atoms with Crippen molar-refractivity contribution >= 4 is 29.3 Å². The molecule has 2 aromatic rings. The van der Waals surface area contributed by atoms with Crippen molar-refractivity contribution in [3.05, 3.63) is 42.2 Å². The van der Waals surface area contributed by atoms with Crippen molar-refractivity contribution < 1.29 is 22.7 Å². The van der Waals surface area contributed by atoms with Gasteiger partial charge in [-0.15, -0.1) is 0 Å². The standard InChI is InChI=1S/C19H17F3N6O2/c20-19(21,22)14-10-30-17(25-14)12-4-5-13-16(24-12)28(11-6-8-27(13)9-11)18(29)26-15-3-1-2-7-23-15/h1-5,7,11,14H,6,8-10H2,(H,23,26,29)/t11-,14+/m0/s1. The number of anilines is 3. The zero-order valence-electron chi connectivity index (χ0n) is 15.6. The highest BCUT2D eigenvalue weighted by molar-refractivity contribution is 6.05. The van der Waals surface area contributed by atoms with E-state index in [1.807, 2.05) is 0 Å². The molecular formula is C19H17F3N6O2. The van der Waals surface area contributed by atoms with Crippen molar-refractivity contribution in [1.29, 1.82) is 0 Å². The maximum absolute atomic E-state index is 13.0. The Kier molecular flexibility index (Phi) is 4.26. The summed E-state index contributed by atoms with van der Waals surface area (Å²) in [4.78, 5) is 28.9. The molecule has 5 heterocycles. The molecule has 156 valence electrons. The maximum atomic E-state index is 13.0. The lowest BCUT2D eigenvalue weighted by Crippen LogP contribution is -2.48. The molecule has 5 rings (SSSR count). The molecule has 0 aliphatic carbocycles. The minimum Gasteiger partial charge on any atom is -0.474 e. The molecule has 1 fully saturated rings. The van der Waals surface area contributed by atoms with Crippen LogP contribution in [0.5, 0.6) is 0 Å². The van der Waals surface area contributed by atoms with E-state index in [2.05, 4.69) is 25.2 Å². The fraction of sp³-hybridized carbons (Fsp3) is 0.368. The molecule has 30 heavy (non-hydrogen) atoms. The Hall–Kier alpha value is -3.37. The van der Waals surface area contributed by atoms with E-state index in [1.165, 1.54) is 0 Å². The first kappa shape index (κ1) is 18.6. The molecule has 1 N–H and O–H groups in total. The molecule has 3 aliphatic rings. The first-order chi connectivity index (χ1) is 14.4. The van der Waals surface area contributed by atoms with E-state index in [0.29, 0.717) is 18.2 Å². The first-order valence-corrected chi connectivity index (χ1v) is 9.45. The van der Waals surface area contributed by atoms with E-state index in [9.17, 15) is 18.0 Å². The van der Waals surface area contributed by atoms with E-state index in [0.717, 1.165) is 18.7 Å². The number of alkyl halides is 3. The summed E-state index contributed by atoms with van der Waals surface area (Å²) in [5.74, 6) is 0.603. The molecule has 8 nitrogen and oxygen atoms in total. The third kappa shape index (κ3) is 3.19. The number of aromatic nitrogens is 2. The molecule has 2 aromatic heterocycles. The number of ether oxygens (including phenoxy) is 1. The second-order valence-corrected chi connectivity index (χ2v) is 7.25. The largest absolute Gasteiger partial charge is 0.474 e. The van der Waals surface area contributed by atoms with Crippen molar-refractivity contribution in [3.8, 4) is 0 Å². The summed E-state index contributed by atoms with van der Waals surface area (Å²) in [5, 5.41) is 2.76. The molecule has 0 radical (unpaired) electrons. The van der Waals surface area contributed by atoms with Crippen LogP contribution in [0.25, 0.3) is 0 Å². The molecule has 1 saturated heterocycles. The number of halogens is 3. The van der Waals surface area contributed by atoms with E-state index in [4.69, 9.17) is 4.74 Å². The number of nitrogens with one attached hydrogen (secondary N) is 1. The van der Waals surface area contributed by atoms with Crippen molar-refractivity contribution in [2.24, 2.45) is 4.99 Å². The Morgan fingerprint density at radius 1 is 1.23 bits per heavy atom. The van der Waals surface area contributed by atoms with Gasteiger partial charge >= 0.3 is 12.2 Å². The Morgan fingerprint density at radius 3 is 2.83 bits per heavy atom. The zero-order chi connectivity index (χ0) is 20.9. The summed E-state index contributed by atoms with van der Waals surface area (Å²) in [6.45, 7) is 0.854. The van der Waals surface area contributed by atoms with Gasteiger partial charge in [0.15, 0.2) is 11.9 Å². The first-order valence-electron chi connectivity index (χ1n) is 9.45. The monoisotopic (exact) mass is 418 g/mol. The molecule has 0 aromatic carbocycles. The van der Waals surface area contributed by atoms with Crippen LogP contribution in [0.15, 0.2) is 41.5 Å². The maximum Gasteiger partial charge on any atom is 0.414 e. The molecule has 2 atom stereocenters. The lowest BCUT2D eigenvalue weighted by atomic mass is 10.1. The summed E-state index contributed by atoms with van der Waals surface area (Å²) < 4.78 is 43.9. The molecule has 0 saturated carbocycles. The number of nitrogens with zero attached hydrogens (tertiary/aromatic N) is 5. The van der Waals surface area contributed by atoms with Gasteiger partial charge in [-0.05, 0) is 30.7 Å². The fourth-order valence-corrected chi connectivity index (χ4v) is 3.88. The topological polar surface area (TPSA) is 83.0 Å². The van der Waals surface area contributed by atoms with E-state index < -0.39 is 24.9 Å². The highest BCUT2D eigenvalue weighted by atomic mass is 19.4.